The van der Waals surface area contributed by atoms with E-state index in [4.69, 9.17) is 0 Å². The number of nitrogens with one attached hydrogen (secondary N) is 1. The smallest absolute Gasteiger partial charge is 0.289 e. The second-order valence-electron chi connectivity index (χ2n) is 4.54. The molecule has 112 valence electrons. The minimum Gasteiger partial charge on any atom is -0.322 e. The van der Waals surface area contributed by atoms with E-state index in [1.54, 1.807) is 18.2 Å². The van der Waals surface area contributed by atoms with E-state index in [1.165, 1.54) is 0 Å². The van der Waals surface area contributed by atoms with Gasteiger partial charge in [-0.1, -0.05) is 12.1 Å². The van der Waals surface area contributed by atoms with E-state index in [-0.39, 0.29) is 5.56 Å². The van der Waals surface area contributed by atoms with Crippen LogP contribution in [-0.2, 0) is 0 Å². The second kappa shape index (κ2) is 6.00. The molecule has 1 amide bonds. The molecule has 0 unspecified atom stereocenters. The van der Waals surface area contributed by atoms with Crippen LogP contribution in [0.5, 0.6) is 0 Å². The molecule has 0 saturated heterocycles. The van der Waals surface area contributed by atoms with Crippen molar-refractivity contribution in [1.29, 1.82) is 0 Å². The van der Waals surface area contributed by atoms with Gasteiger partial charge in [0.05, 0.1) is 15.9 Å². The molecule has 0 saturated carbocycles. The zero-order chi connectivity index (χ0) is 16.3. The van der Waals surface area contributed by atoms with Gasteiger partial charge >= 0.3 is 0 Å². The zero-order valence-electron chi connectivity index (χ0n) is 11.5. The number of nitro benzene ring substituents is 2. The summed E-state index contributed by atoms with van der Waals surface area (Å²) >= 11 is 0. The summed E-state index contributed by atoms with van der Waals surface area (Å²) in [5.74, 6) is -0.702. The van der Waals surface area contributed by atoms with Gasteiger partial charge in [-0.3, -0.25) is 25.0 Å². The molecule has 0 spiro atoms. The molecule has 1 N–H and O–H groups in total. The van der Waals surface area contributed by atoms with Crippen LogP contribution in [-0.4, -0.2) is 15.8 Å². The topological polar surface area (TPSA) is 115 Å². The molecule has 0 aliphatic heterocycles. The lowest BCUT2D eigenvalue weighted by atomic mass is 10.1. The molecule has 2 aromatic carbocycles. The van der Waals surface area contributed by atoms with Crippen LogP contribution >= 0.6 is 0 Å². The number of anilines is 1. The van der Waals surface area contributed by atoms with Crippen molar-refractivity contribution in [2.24, 2.45) is 0 Å². The van der Waals surface area contributed by atoms with Crippen molar-refractivity contribution >= 4 is 23.0 Å². The number of amides is 1. The first-order valence-corrected chi connectivity index (χ1v) is 6.19. The number of carbonyl (C=O) groups excluding carboxylic acids is 1. The van der Waals surface area contributed by atoms with Gasteiger partial charge in [-0.05, 0) is 30.7 Å². The maximum Gasteiger partial charge on any atom is 0.289 e. The minimum absolute atomic E-state index is 0.239. The second-order valence-corrected chi connectivity index (χ2v) is 4.54. The number of nitrogens with zero attached hydrogens (tertiary/aromatic N) is 2. The highest BCUT2D eigenvalue weighted by molar-refractivity contribution is 6.07. The van der Waals surface area contributed by atoms with Crippen molar-refractivity contribution in [2.75, 3.05) is 5.32 Å². The Morgan fingerprint density at radius 2 is 1.77 bits per heavy atom. The Hall–Kier alpha value is -3.29. The first-order valence-electron chi connectivity index (χ1n) is 6.19. The van der Waals surface area contributed by atoms with Gasteiger partial charge in [-0.25, -0.2) is 0 Å². The fourth-order valence-electron chi connectivity index (χ4n) is 1.90. The third-order valence-electron chi connectivity index (χ3n) is 2.91. The molecule has 0 fully saturated rings. The number of non-ortho nitro benzene ring substituents is 1. The summed E-state index contributed by atoms with van der Waals surface area (Å²) in [6.07, 6.45) is 0. The molecule has 0 heterocycles. The van der Waals surface area contributed by atoms with E-state index in [9.17, 15) is 25.0 Å². The number of aryl methyl sites for hydroxylation is 1. The number of benzene rings is 2. The Bertz CT molecular complexity index is 773. The van der Waals surface area contributed by atoms with Crippen LogP contribution < -0.4 is 5.32 Å². The van der Waals surface area contributed by atoms with Crippen molar-refractivity contribution in [1.82, 2.24) is 0 Å². The number of nitro groups is 2. The number of hydrogen-bond donors (Lipinski definition) is 1. The van der Waals surface area contributed by atoms with Crippen molar-refractivity contribution in [3.05, 3.63) is 73.8 Å². The monoisotopic (exact) mass is 301 g/mol. The molecule has 0 bridgehead atoms. The first kappa shape index (κ1) is 15.1. The summed E-state index contributed by atoms with van der Waals surface area (Å²) in [5, 5.41) is 24.2. The van der Waals surface area contributed by atoms with Crippen LogP contribution in [0.15, 0.2) is 42.5 Å². The highest BCUT2D eigenvalue weighted by Crippen LogP contribution is 2.25. The largest absolute Gasteiger partial charge is 0.322 e. The lowest BCUT2D eigenvalue weighted by molar-refractivity contribution is -0.394. The predicted octanol–water partition coefficient (Wildman–Crippen LogP) is 3.06. The average Bonchev–Trinajstić information content (AvgIpc) is 2.46. The molecular weight excluding hydrogens is 290 g/mol. The van der Waals surface area contributed by atoms with E-state index < -0.39 is 27.1 Å². The number of rotatable bonds is 4. The van der Waals surface area contributed by atoms with Crippen LogP contribution in [0.3, 0.4) is 0 Å². The Labute approximate surface area is 124 Å². The lowest BCUT2D eigenvalue weighted by Gasteiger charge is -2.06. The third-order valence-corrected chi connectivity index (χ3v) is 2.91. The Balaban J connectivity index is 2.36. The lowest BCUT2D eigenvalue weighted by Crippen LogP contribution is -2.14. The molecule has 0 radical (unpaired) electrons. The standard InChI is InChI=1S/C14H11N3O5/c1-9-3-2-4-10(7-9)15-14(18)12-6-5-11(16(19)20)8-13(12)17(21)22/h2-8H,1H3,(H,15,18). The summed E-state index contributed by atoms with van der Waals surface area (Å²) in [7, 11) is 0. The maximum absolute atomic E-state index is 12.1. The van der Waals surface area contributed by atoms with Gasteiger partial charge in [0, 0.05) is 11.8 Å². The summed E-state index contributed by atoms with van der Waals surface area (Å²) in [6, 6.07) is 9.81. The number of carbonyl (C=O) groups is 1. The summed E-state index contributed by atoms with van der Waals surface area (Å²) in [4.78, 5) is 32.2. The Morgan fingerprint density at radius 3 is 2.36 bits per heavy atom. The fourth-order valence-corrected chi connectivity index (χ4v) is 1.90. The predicted molar refractivity (Wildman–Crippen MR) is 78.9 cm³/mol. The highest BCUT2D eigenvalue weighted by atomic mass is 16.6. The van der Waals surface area contributed by atoms with E-state index in [2.05, 4.69) is 5.32 Å². The average molecular weight is 301 g/mol. The zero-order valence-corrected chi connectivity index (χ0v) is 11.5. The van der Waals surface area contributed by atoms with Gasteiger partial charge in [-0.2, -0.15) is 0 Å². The highest BCUT2D eigenvalue weighted by Gasteiger charge is 2.24. The minimum atomic E-state index is -0.821. The van der Waals surface area contributed by atoms with Crippen LogP contribution in [0.1, 0.15) is 15.9 Å². The first-order chi connectivity index (χ1) is 10.4. The van der Waals surface area contributed by atoms with Crippen LogP contribution in [0.2, 0.25) is 0 Å². The van der Waals surface area contributed by atoms with Crippen molar-refractivity contribution in [3.63, 3.8) is 0 Å². The molecule has 0 aromatic heterocycles. The fraction of sp³-hybridized carbons (Fsp3) is 0.0714. The van der Waals surface area contributed by atoms with Crippen LogP contribution in [0.25, 0.3) is 0 Å². The van der Waals surface area contributed by atoms with Crippen molar-refractivity contribution in [3.8, 4) is 0 Å². The summed E-state index contributed by atoms with van der Waals surface area (Å²) in [6.45, 7) is 1.84. The Kier molecular flexibility index (Phi) is 4.12. The van der Waals surface area contributed by atoms with E-state index >= 15 is 0 Å². The van der Waals surface area contributed by atoms with Gasteiger partial charge in [0.1, 0.15) is 5.56 Å². The van der Waals surface area contributed by atoms with E-state index in [0.717, 1.165) is 23.8 Å². The van der Waals surface area contributed by atoms with Gasteiger partial charge < -0.3 is 5.32 Å². The van der Waals surface area contributed by atoms with Crippen LogP contribution in [0.4, 0.5) is 17.1 Å². The molecule has 22 heavy (non-hydrogen) atoms. The number of hydrogen-bond acceptors (Lipinski definition) is 5. The molecule has 2 rings (SSSR count). The summed E-state index contributed by atoms with van der Waals surface area (Å²) < 4.78 is 0. The molecular formula is C14H11N3O5. The van der Waals surface area contributed by atoms with Crippen molar-refractivity contribution < 1.29 is 14.6 Å². The van der Waals surface area contributed by atoms with Gasteiger partial charge in [0.25, 0.3) is 17.3 Å². The molecule has 0 aliphatic rings. The molecule has 8 heteroatoms. The maximum atomic E-state index is 12.1. The van der Waals surface area contributed by atoms with Gasteiger partial charge in [-0.15, -0.1) is 0 Å². The quantitative estimate of drug-likeness (QED) is 0.688. The van der Waals surface area contributed by atoms with Gasteiger partial charge in [0.15, 0.2) is 0 Å². The Morgan fingerprint density at radius 1 is 1.05 bits per heavy atom. The van der Waals surface area contributed by atoms with Crippen molar-refractivity contribution in [2.45, 2.75) is 6.92 Å². The summed E-state index contributed by atoms with van der Waals surface area (Å²) in [5.41, 5.74) is 0.101. The molecule has 2 aromatic rings. The van der Waals surface area contributed by atoms with E-state index in [1.807, 2.05) is 13.0 Å². The molecule has 0 aliphatic carbocycles. The van der Waals surface area contributed by atoms with Gasteiger partial charge in [0.2, 0.25) is 0 Å². The van der Waals surface area contributed by atoms with E-state index in [0.29, 0.717) is 5.69 Å². The third kappa shape index (κ3) is 3.23. The molecule has 0 atom stereocenters. The normalized spacial score (nSPS) is 10.0. The van der Waals surface area contributed by atoms with Crippen LogP contribution in [0, 0.1) is 27.2 Å². The molecule has 8 nitrogen and oxygen atoms in total. The SMILES string of the molecule is Cc1cccc(NC(=O)c2ccc([N+](=O)[O-])cc2[N+](=O)[O-])c1.